The van der Waals surface area contributed by atoms with Crippen LogP contribution < -0.4 is 4.90 Å². The van der Waals surface area contributed by atoms with E-state index in [2.05, 4.69) is 301 Å². The van der Waals surface area contributed by atoms with Crippen LogP contribution in [-0.4, -0.2) is 4.57 Å². The van der Waals surface area contributed by atoms with Crippen molar-refractivity contribution < 1.29 is 0 Å². The second-order valence-corrected chi connectivity index (χ2v) is 19.2. The molecule has 0 aliphatic heterocycles. The summed E-state index contributed by atoms with van der Waals surface area (Å²) in [5.74, 6) is 0. The van der Waals surface area contributed by atoms with Gasteiger partial charge in [-0.15, -0.1) is 0 Å². The quantitative estimate of drug-likeness (QED) is 0.131. The topological polar surface area (TPSA) is 8.17 Å². The number of aromatic nitrogens is 1. The lowest BCUT2D eigenvalue weighted by atomic mass is 9.86. The number of para-hydroxylation sites is 2. The third-order valence-corrected chi connectivity index (χ3v) is 15.0. The maximum Gasteiger partial charge on any atom is 0.0541 e. The van der Waals surface area contributed by atoms with Crippen molar-refractivity contribution in [1.29, 1.82) is 0 Å². The van der Waals surface area contributed by atoms with Gasteiger partial charge in [0.05, 0.1) is 11.0 Å². The second kappa shape index (κ2) is 18.1. The zero-order valence-electron chi connectivity index (χ0n) is 40.6. The zero-order valence-corrected chi connectivity index (χ0v) is 40.6. The van der Waals surface area contributed by atoms with Crippen LogP contribution in [0.25, 0.3) is 115 Å². The highest BCUT2D eigenvalue weighted by Crippen LogP contribution is 2.45. The lowest BCUT2D eigenvalue weighted by Crippen LogP contribution is -2.09. The minimum Gasteiger partial charge on any atom is -0.311 e. The molecule has 0 aliphatic rings. The molecule has 0 aliphatic carbocycles. The number of hydrogen-bond donors (Lipinski definition) is 0. The Morgan fingerprint density at radius 2 is 0.622 bits per heavy atom. The molecule has 0 atom stereocenters. The van der Waals surface area contributed by atoms with Crippen molar-refractivity contribution in [2.45, 2.75) is 0 Å². The summed E-state index contributed by atoms with van der Waals surface area (Å²) < 4.78 is 2.37. The Bertz CT molecular complexity index is 4300. The van der Waals surface area contributed by atoms with Crippen LogP contribution in [0.3, 0.4) is 0 Å². The van der Waals surface area contributed by atoms with E-state index in [1.807, 2.05) is 0 Å². The van der Waals surface area contributed by atoms with Crippen LogP contribution in [0.1, 0.15) is 0 Å². The summed E-state index contributed by atoms with van der Waals surface area (Å²) in [5.41, 5.74) is 18.9. The fourth-order valence-electron chi connectivity index (χ4n) is 11.5. The highest BCUT2D eigenvalue weighted by atomic mass is 15.1. The van der Waals surface area contributed by atoms with Crippen molar-refractivity contribution in [3.8, 4) is 61.3 Å². The fraction of sp³-hybridized carbons (Fsp3) is 0. The third-order valence-electron chi connectivity index (χ3n) is 15.0. The number of nitrogens with zero attached hydrogens (tertiary/aromatic N) is 2. The lowest BCUT2D eigenvalue weighted by Gasteiger charge is -2.26. The van der Waals surface area contributed by atoms with Gasteiger partial charge in [0.15, 0.2) is 0 Å². The minimum atomic E-state index is 1.09. The molecule has 0 saturated heterocycles. The fourth-order valence-corrected chi connectivity index (χ4v) is 11.5. The van der Waals surface area contributed by atoms with E-state index in [4.69, 9.17) is 0 Å². The molecule has 14 aromatic rings. The van der Waals surface area contributed by atoms with Gasteiger partial charge in [0.25, 0.3) is 0 Å². The first-order valence-electron chi connectivity index (χ1n) is 25.5. The number of anilines is 3. The zero-order chi connectivity index (χ0) is 49.0. The maximum absolute atomic E-state index is 2.37. The van der Waals surface area contributed by atoms with E-state index < -0.39 is 0 Å². The maximum atomic E-state index is 2.37. The van der Waals surface area contributed by atoms with Gasteiger partial charge < -0.3 is 9.47 Å². The van der Waals surface area contributed by atoms with E-state index in [0.717, 1.165) is 22.7 Å². The molecule has 1 heterocycles. The molecule has 346 valence electrons. The van der Waals surface area contributed by atoms with Gasteiger partial charge in [-0.1, -0.05) is 224 Å². The average Bonchev–Trinajstić information content (AvgIpc) is 3.82. The Balaban J connectivity index is 0.823. The van der Waals surface area contributed by atoms with E-state index >= 15 is 0 Å². The molecule has 0 saturated carbocycles. The molecule has 74 heavy (non-hydrogen) atoms. The van der Waals surface area contributed by atoms with E-state index in [1.165, 1.54) is 110 Å². The monoisotopic (exact) mass is 940 g/mol. The van der Waals surface area contributed by atoms with E-state index in [1.54, 1.807) is 0 Å². The molecule has 0 unspecified atom stereocenters. The first-order chi connectivity index (χ1) is 36.7. The minimum absolute atomic E-state index is 1.09. The molecule has 1 aromatic heterocycles. The predicted molar refractivity (Wildman–Crippen MR) is 315 cm³/mol. The van der Waals surface area contributed by atoms with Gasteiger partial charge in [-0.25, -0.2) is 0 Å². The standard InChI is InChI=1S/C72H48N2/c1-3-17-54(18-4-1)71-64-24-9-11-26-66(64)72(67-27-12-10-25-65(67)71)55-32-30-49(31-33-55)50-34-41-58(42-35-50)73(60-45-38-53(39-46-60)62-28-15-19-52-16-7-8-22-61(52)62)59-43-36-51(37-44-59)56-40-47-70-68(48-56)63-23-13-14-29-69(63)74(70)57-20-5-2-6-21-57/h1-48H. The Kier molecular flexibility index (Phi) is 10.6. The molecule has 0 spiro atoms. The summed E-state index contributed by atoms with van der Waals surface area (Å²) in [6, 6.07) is 106. The summed E-state index contributed by atoms with van der Waals surface area (Å²) in [4.78, 5) is 2.37. The van der Waals surface area contributed by atoms with Crippen LogP contribution in [0.15, 0.2) is 291 Å². The number of benzene rings is 13. The third kappa shape index (κ3) is 7.43. The van der Waals surface area contributed by atoms with Gasteiger partial charge in [0, 0.05) is 33.5 Å². The van der Waals surface area contributed by atoms with Crippen molar-refractivity contribution in [3.05, 3.63) is 291 Å². The Morgan fingerprint density at radius 1 is 0.230 bits per heavy atom. The number of rotatable bonds is 9. The Labute approximate surface area is 430 Å². The van der Waals surface area contributed by atoms with Gasteiger partial charge in [0.1, 0.15) is 0 Å². The van der Waals surface area contributed by atoms with Gasteiger partial charge in [-0.05, 0) is 155 Å². The summed E-state index contributed by atoms with van der Waals surface area (Å²) in [5, 5.41) is 10.0. The van der Waals surface area contributed by atoms with E-state index in [-0.39, 0.29) is 0 Å². The van der Waals surface area contributed by atoms with E-state index in [9.17, 15) is 0 Å². The lowest BCUT2D eigenvalue weighted by molar-refractivity contribution is 1.18. The van der Waals surface area contributed by atoms with Crippen LogP contribution in [0.4, 0.5) is 17.1 Å². The van der Waals surface area contributed by atoms with Crippen molar-refractivity contribution in [2.24, 2.45) is 0 Å². The highest BCUT2D eigenvalue weighted by Gasteiger charge is 2.19. The summed E-state index contributed by atoms with van der Waals surface area (Å²) >= 11 is 0. The molecule has 13 aromatic carbocycles. The first-order valence-corrected chi connectivity index (χ1v) is 25.5. The molecular weight excluding hydrogens is 893 g/mol. The van der Waals surface area contributed by atoms with Crippen molar-refractivity contribution in [3.63, 3.8) is 0 Å². The Hall–Kier alpha value is -9.76. The van der Waals surface area contributed by atoms with Gasteiger partial charge in [0.2, 0.25) is 0 Å². The van der Waals surface area contributed by atoms with Crippen LogP contribution in [0.2, 0.25) is 0 Å². The predicted octanol–water partition coefficient (Wildman–Crippen LogP) is 20.0. The second-order valence-electron chi connectivity index (χ2n) is 19.2. The van der Waals surface area contributed by atoms with Crippen LogP contribution in [0, 0.1) is 0 Å². The average molecular weight is 941 g/mol. The van der Waals surface area contributed by atoms with Crippen LogP contribution in [-0.2, 0) is 0 Å². The molecule has 14 rings (SSSR count). The van der Waals surface area contributed by atoms with Crippen molar-refractivity contribution >= 4 is 71.2 Å². The molecular formula is C72H48N2. The molecule has 0 fully saturated rings. The van der Waals surface area contributed by atoms with Gasteiger partial charge in [-0.2, -0.15) is 0 Å². The summed E-state index contributed by atoms with van der Waals surface area (Å²) in [6.07, 6.45) is 0. The van der Waals surface area contributed by atoms with Crippen LogP contribution in [0.5, 0.6) is 0 Å². The van der Waals surface area contributed by atoms with E-state index in [0.29, 0.717) is 0 Å². The molecule has 0 bridgehead atoms. The molecule has 0 radical (unpaired) electrons. The van der Waals surface area contributed by atoms with Gasteiger partial charge in [-0.3, -0.25) is 0 Å². The molecule has 0 amide bonds. The molecule has 2 heteroatoms. The number of hydrogen-bond acceptors (Lipinski definition) is 1. The normalized spacial score (nSPS) is 11.5. The summed E-state index contributed by atoms with van der Waals surface area (Å²) in [7, 11) is 0. The SMILES string of the molecule is c1ccc(-c2c3ccccc3c(-c3ccc(-c4ccc(N(c5ccc(-c6ccc7c(c6)c6ccccc6n7-c6ccccc6)cc5)c5ccc(-c6cccc7ccccc67)cc5)cc4)cc3)c3ccccc23)cc1. The van der Waals surface area contributed by atoms with Crippen LogP contribution >= 0.6 is 0 Å². The smallest absolute Gasteiger partial charge is 0.0541 e. The summed E-state index contributed by atoms with van der Waals surface area (Å²) in [6.45, 7) is 0. The largest absolute Gasteiger partial charge is 0.311 e. The van der Waals surface area contributed by atoms with Gasteiger partial charge >= 0.3 is 0 Å². The Morgan fingerprint density at radius 3 is 1.20 bits per heavy atom. The van der Waals surface area contributed by atoms with Crippen molar-refractivity contribution in [1.82, 2.24) is 4.57 Å². The first kappa shape index (κ1) is 43.1. The van der Waals surface area contributed by atoms with Crippen molar-refractivity contribution in [2.75, 3.05) is 4.90 Å². The highest BCUT2D eigenvalue weighted by molar-refractivity contribution is 6.21. The molecule has 2 nitrogen and oxygen atoms in total. The molecule has 0 N–H and O–H groups in total. The number of fused-ring (bicyclic) bond motifs is 6.